The van der Waals surface area contributed by atoms with Gasteiger partial charge in [-0.05, 0) is 46.2 Å². The Morgan fingerprint density at radius 1 is 1.17 bits per heavy atom. The minimum atomic E-state index is -0.409. The van der Waals surface area contributed by atoms with Crippen LogP contribution in [0.5, 0.6) is 0 Å². The molecule has 0 radical (unpaired) electrons. The molecule has 0 bridgehead atoms. The molecule has 0 fully saturated rings. The molecule has 0 aromatic heterocycles. The molecule has 0 amide bonds. The van der Waals surface area contributed by atoms with E-state index >= 15 is 0 Å². The second kappa shape index (κ2) is 7.10. The first-order valence-corrected chi connectivity index (χ1v) is 6.45. The Labute approximate surface area is 112 Å². The highest BCUT2D eigenvalue weighted by Gasteiger charge is 2.20. The van der Waals surface area contributed by atoms with Crippen LogP contribution >= 0.6 is 0 Å². The van der Waals surface area contributed by atoms with Crippen molar-refractivity contribution in [1.82, 2.24) is 4.90 Å². The molecule has 0 aliphatic heterocycles. The zero-order chi connectivity index (χ0) is 14.4. The van der Waals surface area contributed by atoms with Crippen molar-refractivity contribution < 1.29 is 14.3 Å². The van der Waals surface area contributed by atoms with Crippen molar-refractivity contribution in [3.8, 4) is 0 Å². The Balaban J connectivity index is 3.98. The average molecular weight is 259 g/mol. The molecule has 108 valence electrons. The second-order valence-electron chi connectivity index (χ2n) is 6.67. The highest BCUT2D eigenvalue weighted by molar-refractivity contribution is 5.72. The number of methoxy groups -OCH3 is 1. The number of rotatable bonds is 7. The van der Waals surface area contributed by atoms with Gasteiger partial charge in [0.15, 0.2) is 0 Å². The normalized spacial score (nSPS) is 12.9. The molecule has 4 heteroatoms. The highest BCUT2D eigenvalue weighted by Crippen LogP contribution is 2.20. The molecular formula is C14H29NO3. The van der Waals surface area contributed by atoms with Crippen molar-refractivity contribution in [2.75, 3.05) is 33.9 Å². The van der Waals surface area contributed by atoms with Crippen molar-refractivity contribution in [3.63, 3.8) is 0 Å². The maximum atomic E-state index is 11.6. The van der Waals surface area contributed by atoms with Gasteiger partial charge in [-0.15, -0.1) is 0 Å². The van der Waals surface area contributed by atoms with Crippen LogP contribution in [-0.2, 0) is 14.3 Å². The zero-order valence-electron chi connectivity index (χ0n) is 13.0. The van der Waals surface area contributed by atoms with Crippen molar-refractivity contribution in [2.24, 2.45) is 5.41 Å². The molecule has 0 aromatic rings. The molecule has 0 aliphatic rings. The lowest BCUT2D eigenvalue weighted by Crippen LogP contribution is -2.35. The largest absolute Gasteiger partial charge is 0.459 e. The number of carbonyl (C=O) groups excluding carboxylic acids is 1. The highest BCUT2D eigenvalue weighted by atomic mass is 16.6. The van der Waals surface area contributed by atoms with Crippen molar-refractivity contribution in [3.05, 3.63) is 0 Å². The smallest absolute Gasteiger partial charge is 0.320 e. The number of likely N-dealkylation sites (N-methyl/N-ethyl adjacent to an activating group) is 1. The molecule has 0 N–H and O–H groups in total. The molecular weight excluding hydrogens is 230 g/mol. The van der Waals surface area contributed by atoms with Gasteiger partial charge < -0.3 is 9.47 Å². The maximum absolute atomic E-state index is 11.6. The fourth-order valence-electron chi connectivity index (χ4n) is 1.63. The SMILES string of the molecule is COCC(C)(C)CCN(C)CC(=O)OC(C)(C)C. The van der Waals surface area contributed by atoms with E-state index in [0.717, 1.165) is 19.6 Å². The summed E-state index contributed by atoms with van der Waals surface area (Å²) in [6.45, 7) is 11.9. The number of esters is 1. The Hall–Kier alpha value is -0.610. The van der Waals surface area contributed by atoms with Gasteiger partial charge in [0.05, 0.1) is 13.2 Å². The van der Waals surface area contributed by atoms with E-state index in [9.17, 15) is 4.79 Å². The molecule has 0 atom stereocenters. The second-order valence-corrected chi connectivity index (χ2v) is 6.67. The summed E-state index contributed by atoms with van der Waals surface area (Å²) in [4.78, 5) is 13.6. The molecule has 0 saturated carbocycles. The summed E-state index contributed by atoms with van der Waals surface area (Å²) in [6, 6.07) is 0. The van der Waals surface area contributed by atoms with Gasteiger partial charge in [-0.2, -0.15) is 0 Å². The van der Waals surface area contributed by atoms with Crippen LogP contribution in [0.15, 0.2) is 0 Å². The van der Waals surface area contributed by atoms with Crippen LogP contribution in [0.3, 0.4) is 0 Å². The predicted octanol–water partition coefficient (Wildman–Crippen LogP) is 2.32. The Morgan fingerprint density at radius 2 is 1.72 bits per heavy atom. The number of ether oxygens (including phenoxy) is 2. The van der Waals surface area contributed by atoms with Gasteiger partial charge >= 0.3 is 5.97 Å². The summed E-state index contributed by atoms with van der Waals surface area (Å²) in [5.74, 6) is -0.172. The minimum absolute atomic E-state index is 0.136. The van der Waals surface area contributed by atoms with E-state index in [1.54, 1.807) is 7.11 Å². The van der Waals surface area contributed by atoms with Crippen LogP contribution in [0.1, 0.15) is 41.0 Å². The lowest BCUT2D eigenvalue weighted by atomic mass is 9.90. The van der Waals surface area contributed by atoms with E-state index < -0.39 is 5.60 Å². The van der Waals surface area contributed by atoms with Gasteiger partial charge in [0, 0.05) is 7.11 Å². The number of carbonyl (C=O) groups is 1. The maximum Gasteiger partial charge on any atom is 0.320 e. The van der Waals surface area contributed by atoms with Crippen LogP contribution in [-0.4, -0.2) is 50.3 Å². The Bertz CT molecular complexity index is 256. The third-order valence-corrected chi connectivity index (χ3v) is 2.52. The van der Waals surface area contributed by atoms with Gasteiger partial charge in [-0.3, -0.25) is 9.69 Å². The van der Waals surface area contributed by atoms with Gasteiger partial charge in [0.25, 0.3) is 0 Å². The standard InChI is InChI=1S/C14H29NO3/c1-13(2,3)18-12(16)10-15(6)9-8-14(4,5)11-17-7/h8-11H2,1-7H3. The van der Waals surface area contributed by atoms with Crippen LogP contribution in [0.25, 0.3) is 0 Å². The molecule has 0 saturated heterocycles. The van der Waals surface area contributed by atoms with Crippen molar-refractivity contribution in [2.45, 2.75) is 46.6 Å². The summed E-state index contributed by atoms with van der Waals surface area (Å²) < 4.78 is 10.5. The third-order valence-electron chi connectivity index (χ3n) is 2.52. The first-order valence-electron chi connectivity index (χ1n) is 6.45. The lowest BCUT2D eigenvalue weighted by molar-refractivity contribution is -0.155. The fourth-order valence-corrected chi connectivity index (χ4v) is 1.63. The van der Waals surface area contributed by atoms with E-state index in [0.29, 0.717) is 6.54 Å². The Morgan fingerprint density at radius 3 is 2.17 bits per heavy atom. The van der Waals surface area contributed by atoms with Crippen LogP contribution in [0, 0.1) is 5.41 Å². The summed E-state index contributed by atoms with van der Waals surface area (Å²) in [5, 5.41) is 0. The van der Waals surface area contributed by atoms with Gasteiger partial charge in [-0.25, -0.2) is 0 Å². The molecule has 0 heterocycles. The van der Waals surface area contributed by atoms with E-state index in [4.69, 9.17) is 9.47 Å². The lowest BCUT2D eigenvalue weighted by Gasteiger charge is -2.27. The third kappa shape index (κ3) is 9.42. The van der Waals surface area contributed by atoms with E-state index in [1.807, 2.05) is 32.7 Å². The Kier molecular flexibility index (Phi) is 6.86. The molecule has 18 heavy (non-hydrogen) atoms. The summed E-state index contributed by atoms with van der Waals surface area (Å²) >= 11 is 0. The molecule has 4 nitrogen and oxygen atoms in total. The van der Waals surface area contributed by atoms with Gasteiger partial charge in [0.1, 0.15) is 5.60 Å². The monoisotopic (exact) mass is 259 g/mol. The van der Waals surface area contributed by atoms with Crippen LogP contribution in [0.2, 0.25) is 0 Å². The first-order chi connectivity index (χ1) is 8.06. The van der Waals surface area contributed by atoms with Gasteiger partial charge in [-0.1, -0.05) is 13.8 Å². The topological polar surface area (TPSA) is 38.8 Å². The summed E-state index contributed by atoms with van der Waals surface area (Å²) in [5.41, 5.74) is -0.274. The molecule has 0 spiro atoms. The number of hydrogen-bond donors (Lipinski definition) is 0. The van der Waals surface area contributed by atoms with Crippen molar-refractivity contribution >= 4 is 5.97 Å². The molecule has 0 unspecified atom stereocenters. The first kappa shape index (κ1) is 17.4. The minimum Gasteiger partial charge on any atom is -0.459 e. The van der Waals surface area contributed by atoms with E-state index in [-0.39, 0.29) is 11.4 Å². The van der Waals surface area contributed by atoms with Crippen LogP contribution < -0.4 is 0 Å². The summed E-state index contributed by atoms with van der Waals surface area (Å²) in [6.07, 6.45) is 0.986. The predicted molar refractivity (Wildman–Crippen MR) is 73.6 cm³/mol. The fraction of sp³-hybridized carbons (Fsp3) is 0.929. The molecule has 0 aromatic carbocycles. The van der Waals surface area contributed by atoms with Gasteiger partial charge in [0.2, 0.25) is 0 Å². The van der Waals surface area contributed by atoms with Crippen LogP contribution in [0.4, 0.5) is 0 Å². The molecule has 0 rings (SSSR count). The van der Waals surface area contributed by atoms with E-state index in [2.05, 4.69) is 13.8 Å². The van der Waals surface area contributed by atoms with Crippen molar-refractivity contribution in [1.29, 1.82) is 0 Å². The number of hydrogen-bond acceptors (Lipinski definition) is 4. The average Bonchev–Trinajstić information content (AvgIpc) is 2.11. The molecule has 0 aliphatic carbocycles. The zero-order valence-corrected chi connectivity index (χ0v) is 13.0. The quantitative estimate of drug-likeness (QED) is 0.658. The number of nitrogens with zero attached hydrogens (tertiary/aromatic N) is 1. The summed E-state index contributed by atoms with van der Waals surface area (Å²) in [7, 11) is 3.65. The van der Waals surface area contributed by atoms with E-state index in [1.165, 1.54) is 0 Å².